The van der Waals surface area contributed by atoms with Gasteiger partial charge in [-0.2, -0.15) is 0 Å². The molecule has 0 aliphatic carbocycles. The molecule has 0 aliphatic heterocycles. The van der Waals surface area contributed by atoms with Gasteiger partial charge in [-0.05, 0) is 50.1 Å². The van der Waals surface area contributed by atoms with Crippen LogP contribution in [-0.2, 0) is 9.53 Å². The van der Waals surface area contributed by atoms with Gasteiger partial charge in [-0.15, -0.1) is 11.3 Å². The maximum absolute atomic E-state index is 12.7. The van der Waals surface area contributed by atoms with Crippen molar-refractivity contribution in [3.05, 3.63) is 71.1 Å². The summed E-state index contributed by atoms with van der Waals surface area (Å²) in [6, 6.07) is 15.0. The third kappa shape index (κ3) is 6.23. The van der Waals surface area contributed by atoms with E-state index < -0.39 is 5.97 Å². The number of ether oxygens (including phenoxy) is 3. The number of rotatable bonds is 10. The number of hydrogen-bond donors (Lipinski definition) is 1. The van der Waals surface area contributed by atoms with Crippen LogP contribution in [0, 0.1) is 0 Å². The van der Waals surface area contributed by atoms with Crippen molar-refractivity contribution in [2.45, 2.75) is 20.8 Å². The monoisotopic (exact) mass is 465 g/mol. The first-order valence-electron chi connectivity index (χ1n) is 10.8. The predicted molar refractivity (Wildman–Crippen MR) is 132 cm³/mol. The lowest BCUT2D eigenvalue weighted by Gasteiger charge is -2.11. The molecule has 3 rings (SSSR count). The molecule has 7 heteroatoms. The van der Waals surface area contributed by atoms with E-state index in [0.717, 1.165) is 16.7 Å². The van der Waals surface area contributed by atoms with Gasteiger partial charge in [0.25, 0.3) is 0 Å². The van der Waals surface area contributed by atoms with Gasteiger partial charge < -0.3 is 19.5 Å². The molecule has 0 fully saturated rings. The smallest absolute Gasteiger partial charge is 0.341 e. The first kappa shape index (κ1) is 24.1. The Balaban J connectivity index is 1.81. The Labute approximate surface area is 197 Å². The second-order valence-corrected chi connectivity index (χ2v) is 7.71. The Morgan fingerprint density at radius 3 is 2.36 bits per heavy atom. The van der Waals surface area contributed by atoms with Crippen LogP contribution in [0.15, 0.2) is 60.0 Å². The van der Waals surface area contributed by atoms with E-state index in [-0.39, 0.29) is 12.5 Å². The third-order valence-corrected chi connectivity index (χ3v) is 5.48. The highest BCUT2D eigenvalue weighted by Crippen LogP contribution is 2.36. The summed E-state index contributed by atoms with van der Waals surface area (Å²) in [6.07, 6.45) is 3.10. The molecule has 0 saturated heterocycles. The van der Waals surface area contributed by atoms with Crippen molar-refractivity contribution in [3.8, 4) is 22.6 Å². The van der Waals surface area contributed by atoms with Gasteiger partial charge in [0.05, 0.1) is 19.8 Å². The van der Waals surface area contributed by atoms with Crippen LogP contribution in [0.2, 0.25) is 0 Å². The molecule has 1 N–H and O–H groups in total. The van der Waals surface area contributed by atoms with Crippen LogP contribution in [0.3, 0.4) is 0 Å². The molecule has 0 unspecified atom stereocenters. The first-order valence-corrected chi connectivity index (χ1v) is 11.7. The second-order valence-electron chi connectivity index (χ2n) is 6.83. The van der Waals surface area contributed by atoms with Crippen LogP contribution >= 0.6 is 11.3 Å². The zero-order chi connectivity index (χ0) is 23.6. The van der Waals surface area contributed by atoms with Crippen LogP contribution < -0.4 is 14.8 Å². The molecule has 33 heavy (non-hydrogen) atoms. The standard InChI is InChI=1S/C26H27NO5S/c1-4-30-21-14-12-18(16-22(21)31-5-2)13-15-23(28)27-25-24(26(29)32-6-3)20(17-33-25)19-10-8-7-9-11-19/h7-17H,4-6H2,1-3H3,(H,27,28)/b15-13+. The van der Waals surface area contributed by atoms with Crippen molar-refractivity contribution in [3.63, 3.8) is 0 Å². The van der Waals surface area contributed by atoms with E-state index in [1.54, 1.807) is 13.0 Å². The van der Waals surface area contributed by atoms with E-state index in [0.29, 0.717) is 35.3 Å². The minimum Gasteiger partial charge on any atom is -0.490 e. The third-order valence-electron chi connectivity index (χ3n) is 4.59. The summed E-state index contributed by atoms with van der Waals surface area (Å²) in [4.78, 5) is 25.3. The van der Waals surface area contributed by atoms with E-state index >= 15 is 0 Å². The summed E-state index contributed by atoms with van der Waals surface area (Å²) >= 11 is 1.29. The number of esters is 1. The van der Waals surface area contributed by atoms with Crippen LogP contribution in [0.4, 0.5) is 5.00 Å². The average Bonchev–Trinajstić information content (AvgIpc) is 3.23. The normalized spacial score (nSPS) is 10.8. The van der Waals surface area contributed by atoms with Crippen molar-refractivity contribution in [2.24, 2.45) is 0 Å². The molecule has 172 valence electrons. The van der Waals surface area contributed by atoms with Gasteiger partial charge in [0, 0.05) is 17.0 Å². The first-order chi connectivity index (χ1) is 16.1. The molecule has 0 saturated carbocycles. The zero-order valence-electron chi connectivity index (χ0n) is 18.9. The lowest BCUT2D eigenvalue weighted by atomic mass is 10.0. The highest BCUT2D eigenvalue weighted by molar-refractivity contribution is 7.15. The molecular weight excluding hydrogens is 438 g/mol. The van der Waals surface area contributed by atoms with Gasteiger partial charge in [0.1, 0.15) is 10.6 Å². The molecule has 1 aromatic heterocycles. The van der Waals surface area contributed by atoms with E-state index in [4.69, 9.17) is 14.2 Å². The number of amides is 1. The van der Waals surface area contributed by atoms with Gasteiger partial charge in [-0.1, -0.05) is 36.4 Å². The molecule has 6 nitrogen and oxygen atoms in total. The summed E-state index contributed by atoms with van der Waals surface area (Å²) in [5.41, 5.74) is 2.75. The molecule has 1 amide bonds. The van der Waals surface area contributed by atoms with Gasteiger partial charge in [-0.25, -0.2) is 4.79 Å². The minimum absolute atomic E-state index is 0.246. The number of hydrogen-bond acceptors (Lipinski definition) is 6. The number of carbonyl (C=O) groups is 2. The average molecular weight is 466 g/mol. The van der Waals surface area contributed by atoms with E-state index in [2.05, 4.69) is 5.32 Å². The summed E-state index contributed by atoms with van der Waals surface area (Å²) in [5, 5.41) is 5.11. The van der Waals surface area contributed by atoms with Crippen LogP contribution in [0.1, 0.15) is 36.7 Å². The van der Waals surface area contributed by atoms with Crippen molar-refractivity contribution in [1.29, 1.82) is 0 Å². The topological polar surface area (TPSA) is 73.9 Å². The number of carbonyl (C=O) groups excluding carboxylic acids is 2. The lowest BCUT2D eigenvalue weighted by molar-refractivity contribution is -0.111. The summed E-state index contributed by atoms with van der Waals surface area (Å²) in [7, 11) is 0. The van der Waals surface area contributed by atoms with Gasteiger partial charge in [0.15, 0.2) is 11.5 Å². The second kappa shape index (κ2) is 11.9. The highest BCUT2D eigenvalue weighted by Gasteiger charge is 2.22. The quantitative estimate of drug-likeness (QED) is 0.292. The summed E-state index contributed by atoms with van der Waals surface area (Å²) < 4.78 is 16.4. The van der Waals surface area contributed by atoms with E-state index in [1.807, 2.05) is 67.8 Å². The van der Waals surface area contributed by atoms with Gasteiger partial charge in [0.2, 0.25) is 5.91 Å². The number of thiophene rings is 1. The largest absolute Gasteiger partial charge is 0.490 e. The molecule has 1 heterocycles. The fraction of sp³-hybridized carbons (Fsp3) is 0.231. The molecule has 0 radical (unpaired) electrons. The Bertz CT molecular complexity index is 1120. The Morgan fingerprint density at radius 1 is 0.939 bits per heavy atom. The Kier molecular flexibility index (Phi) is 8.66. The highest BCUT2D eigenvalue weighted by atomic mass is 32.1. The van der Waals surface area contributed by atoms with Crippen molar-refractivity contribution in [2.75, 3.05) is 25.1 Å². The number of nitrogens with one attached hydrogen (secondary N) is 1. The molecule has 0 bridgehead atoms. The molecule has 3 aromatic rings. The predicted octanol–water partition coefficient (Wildman–Crippen LogP) is 6.04. The summed E-state index contributed by atoms with van der Waals surface area (Å²) in [5.74, 6) is 0.461. The zero-order valence-corrected chi connectivity index (χ0v) is 19.7. The van der Waals surface area contributed by atoms with E-state index in [1.165, 1.54) is 17.4 Å². The van der Waals surface area contributed by atoms with Crippen LogP contribution in [0.25, 0.3) is 17.2 Å². The molecule has 0 atom stereocenters. The van der Waals surface area contributed by atoms with Crippen LogP contribution in [0.5, 0.6) is 11.5 Å². The molecule has 2 aromatic carbocycles. The van der Waals surface area contributed by atoms with Crippen molar-refractivity contribution < 1.29 is 23.8 Å². The Hall–Kier alpha value is -3.58. The fourth-order valence-corrected chi connectivity index (χ4v) is 4.14. The molecular formula is C26H27NO5S. The molecule has 0 spiro atoms. The Morgan fingerprint density at radius 2 is 1.67 bits per heavy atom. The van der Waals surface area contributed by atoms with Crippen molar-refractivity contribution >= 4 is 34.3 Å². The minimum atomic E-state index is -0.468. The molecule has 0 aliphatic rings. The SMILES string of the molecule is CCOC(=O)c1c(-c2ccccc2)csc1NC(=O)/C=C/c1ccc(OCC)c(OCC)c1. The summed E-state index contributed by atoms with van der Waals surface area (Å²) in [6.45, 7) is 6.85. The number of anilines is 1. The number of benzene rings is 2. The fourth-order valence-electron chi connectivity index (χ4n) is 3.18. The maximum atomic E-state index is 12.7. The van der Waals surface area contributed by atoms with Gasteiger partial charge >= 0.3 is 5.97 Å². The lowest BCUT2D eigenvalue weighted by Crippen LogP contribution is -2.12. The van der Waals surface area contributed by atoms with Gasteiger partial charge in [-0.3, -0.25) is 4.79 Å². The van der Waals surface area contributed by atoms with Crippen molar-refractivity contribution in [1.82, 2.24) is 0 Å². The maximum Gasteiger partial charge on any atom is 0.341 e. The van der Waals surface area contributed by atoms with Crippen LogP contribution in [-0.4, -0.2) is 31.7 Å². The van der Waals surface area contributed by atoms with E-state index in [9.17, 15) is 9.59 Å².